The van der Waals surface area contributed by atoms with Gasteiger partial charge in [0.2, 0.25) is 0 Å². The van der Waals surface area contributed by atoms with Crippen LogP contribution in [0.1, 0.15) is 19.3 Å². The zero-order chi connectivity index (χ0) is 15.9. The van der Waals surface area contributed by atoms with Gasteiger partial charge in [-0.05, 0) is 0 Å². The fraction of sp³-hybridized carbons (Fsp3) is 0.778. The fourth-order valence-electron chi connectivity index (χ4n) is 1.43. The second-order valence-electron chi connectivity index (χ2n) is 3.82. The van der Waals surface area contributed by atoms with E-state index in [-0.39, 0.29) is 0 Å². The molecule has 11 heteroatoms. The molecule has 0 fully saturated rings. The number of carbonyl (C=O) groups is 2. The van der Waals surface area contributed by atoms with E-state index >= 15 is 0 Å². The molecular weight excluding hydrogens is 280 g/mol. The number of hydrogen-bond donors (Lipinski definition) is 1. The quantitative estimate of drug-likeness (QED) is 0.259. The molecule has 1 atom stereocenters. The van der Waals surface area contributed by atoms with E-state index < -0.39 is 52.8 Å². The van der Waals surface area contributed by atoms with Crippen molar-refractivity contribution in [3.63, 3.8) is 0 Å². The Kier molecular flexibility index (Phi) is 6.49. The number of nitrogens with zero attached hydrogens (tertiary/aromatic N) is 2. The van der Waals surface area contributed by atoms with E-state index in [9.17, 15) is 34.9 Å². The maximum atomic E-state index is 11.0. The van der Waals surface area contributed by atoms with Gasteiger partial charge in [0.15, 0.2) is 6.10 Å². The maximum Gasteiger partial charge on any atom is 0.462 e. The highest BCUT2D eigenvalue weighted by molar-refractivity contribution is 5.74. The highest BCUT2D eigenvalue weighted by Gasteiger charge is 2.58. The van der Waals surface area contributed by atoms with Gasteiger partial charge in [0.1, 0.15) is 12.8 Å². The average molecular weight is 294 g/mol. The number of aliphatic hydroxyl groups is 1. The molecule has 0 spiro atoms. The van der Waals surface area contributed by atoms with Crippen LogP contribution < -0.4 is 0 Å². The molecule has 0 aromatic carbocycles. The van der Waals surface area contributed by atoms with Crippen LogP contribution in [0.15, 0.2) is 0 Å². The Morgan fingerprint density at radius 2 is 1.70 bits per heavy atom. The lowest BCUT2D eigenvalue weighted by Gasteiger charge is -2.18. The fourth-order valence-corrected chi connectivity index (χ4v) is 1.43. The Hall–Kier alpha value is -2.30. The topological polar surface area (TPSA) is 159 Å². The predicted octanol–water partition coefficient (Wildman–Crippen LogP) is -0.887. The van der Waals surface area contributed by atoms with Crippen LogP contribution in [0, 0.1) is 20.2 Å². The first-order chi connectivity index (χ1) is 9.21. The molecule has 0 aliphatic carbocycles. The molecule has 114 valence electrons. The van der Waals surface area contributed by atoms with Crippen molar-refractivity contribution in [1.82, 2.24) is 0 Å². The third kappa shape index (κ3) is 4.12. The lowest BCUT2D eigenvalue weighted by molar-refractivity contribution is -0.799. The summed E-state index contributed by atoms with van der Waals surface area (Å²) in [7, 11) is 1.94. The van der Waals surface area contributed by atoms with Crippen LogP contribution in [0.4, 0.5) is 0 Å². The van der Waals surface area contributed by atoms with Crippen molar-refractivity contribution in [3.05, 3.63) is 20.2 Å². The molecule has 0 aromatic rings. The summed E-state index contributed by atoms with van der Waals surface area (Å²) in [5.41, 5.74) is -2.87. The number of ether oxygens (including phenoxy) is 2. The van der Waals surface area contributed by atoms with Gasteiger partial charge in [-0.2, -0.15) is 0 Å². The smallest absolute Gasteiger partial charge is 0.462 e. The van der Waals surface area contributed by atoms with E-state index in [1.807, 2.05) is 0 Å². The maximum absolute atomic E-state index is 11.0. The summed E-state index contributed by atoms with van der Waals surface area (Å²) in [5.74, 6) is -2.12. The summed E-state index contributed by atoms with van der Waals surface area (Å²) >= 11 is 0. The molecule has 0 aromatic heterocycles. The van der Waals surface area contributed by atoms with E-state index in [2.05, 4.69) is 9.47 Å². The van der Waals surface area contributed by atoms with Crippen LogP contribution in [0.5, 0.6) is 0 Å². The number of carbonyl (C=O) groups excluding carboxylic acids is 2. The van der Waals surface area contributed by atoms with Crippen molar-refractivity contribution < 1.29 is 34.0 Å². The van der Waals surface area contributed by atoms with E-state index in [0.717, 1.165) is 14.2 Å². The van der Waals surface area contributed by atoms with E-state index in [1.54, 1.807) is 0 Å². The van der Waals surface area contributed by atoms with Gasteiger partial charge in [-0.15, -0.1) is 0 Å². The van der Waals surface area contributed by atoms with Crippen molar-refractivity contribution in [3.8, 4) is 0 Å². The SMILES string of the molecule is COC(=O)CCC(CC(O)C(=O)OC)([N+](=O)[O-])[N+](=O)[O-]. The first-order valence-corrected chi connectivity index (χ1v) is 5.33. The van der Waals surface area contributed by atoms with Gasteiger partial charge in [-0.3, -0.25) is 25.0 Å². The molecule has 0 saturated carbocycles. The van der Waals surface area contributed by atoms with Gasteiger partial charge >= 0.3 is 17.6 Å². The molecule has 0 aliphatic heterocycles. The molecule has 0 amide bonds. The van der Waals surface area contributed by atoms with Crippen LogP contribution in [0.25, 0.3) is 0 Å². The Labute approximate surface area is 112 Å². The van der Waals surface area contributed by atoms with Crippen LogP contribution in [-0.4, -0.2) is 52.9 Å². The molecule has 0 aliphatic rings. The van der Waals surface area contributed by atoms with E-state index in [1.165, 1.54) is 0 Å². The van der Waals surface area contributed by atoms with Crippen molar-refractivity contribution >= 4 is 11.9 Å². The van der Waals surface area contributed by atoms with Gasteiger partial charge < -0.3 is 14.6 Å². The minimum absolute atomic E-state index is 0.605. The third-order valence-corrected chi connectivity index (χ3v) is 2.63. The zero-order valence-corrected chi connectivity index (χ0v) is 10.8. The van der Waals surface area contributed by atoms with Crippen molar-refractivity contribution in [2.45, 2.75) is 31.0 Å². The molecule has 0 radical (unpaired) electrons. The summed E-state index contributed by atoms with van der Waals surface area (Å²) < 4.78 is 8.38. The van der Waals surface area contributed by atoms with Crippen LogP contribution in [0.3, 0.4) is 0 Å². The number of rotatable bonds is 8. The summed E-state index contributed by atoms with van der Waals surface area (Å²) in [5, 5.41) is 31.3. The van der Waals surface area contributed by atoms with Crippen molar-refractivity contribution in [2.75, 3.05) is 14.2 Å². The number of aliphatic hydroxyl groups excluding tert-OH is 1. The normalized spacial score (nSPS) is 12.3. The Balaban J connectivity index is 5.23. The lowest BCUT2D eigenvalue weighted by atomic mass is 9.97. The second kappa shape index (κ2) is 7.33. The van der Waals surface area contributed by atoms with Gasteiger partial charge in [0.05, 0.1) is 30.5 Å². The van der Waals surface area contributed by atoms with Crippen LogP contribution in [0.2, 0.25) is 0 Å². The Bertz CT molecular complexity index is 394. The van der Waals surface area contributed by atoms with Gasteiger partial charge in [-0.1, -0.05) is 0 Å². The lowest BCUT2D eigenvalue weighted by Crippen LogP contribution is -2.50. The minimum atomic E-state index is -2.87. The molecule has 1 N–H and O–H groups in total. The highest BCUT2D eigenvalue weighted by atomic mass is 16.7. The molecule has 20 heavy (non-hydrogen) atoms. The molecule has 1 unspecified atom stereocenters. The van der Waals surface area contributed by atoms with Gasteiger partial charge in [0, 0.05) is 0 Å². The molecule has 0 saturated heterocycles. The van der Waals surface area contributed by atoms with Crippen LogP contribution >= 0.6 is 0 Å². The highest BCUT2D eigenvalue weighted by Crippen LogP contribution is 2.25. The average Bonchev–Trinajstić information content (AvgIpc) is 2.40. The standard InChI is InChI=1S/C9H14N2O9/c1-19-7(13)3-4-9(10(15)16,11(17)18)5-6(12)8(14)20-2/h6,12H,3-5H2,1-2H3. The van der Waals surface area contributed by atoms with E-state index in [4.69, 9.17) is 0 Å². The minimum Gasteiger partial charge on any atom is -0.469 e. The number of nitro groups is 2. The molecule has 0 bridgehead atoms. The predicted molar refractivity (Wildman–Crippen MR) is 60.6 cm³/mol. The van der Waals surface area contributed by atoms with Gasteiger partial charge in [-0.25, -0.2) is 4.79 Å². The van der Waals surface area contributed by atoms with Crippen molar-refractivity contribution in [2.24, 2.45) is 0 Å². The summed E-state index contributed by atoms with van der Waals surface area (Å²) in [6.45, 7) is 0. The summed E-state index contributed by atoms with van der Waals surface area (Å²) in [4.78, 5) is 41.4. The molecular formula is C9H14N2O9. The number of methoxy groups -OCH3 is 2. The molecule has 0 heterocycles. The number of hydrogen-bond acceptors (Lipinski definition) is 9. The molecule has 11 nitrogen and oxygen atoms in total. The first-order valence-electron chi connectivity index (χ1n) is 5.33. The third-order valence-electron chi connectivity index (χ3n) is 2.63. The monoisotopic (exact) mass is 294 g/mol. The second-order valence-corrected chi connectivity index (χ2v) is 3.82. The first kappa shape index (κ1) is 17.7. The Morgan fingerprint density at radius 1 is 1.20 bits per heavy atom. The van der Waals surface area contributed by atoms with Crippen molar-refractivity contribution in [1.29, 1.82) is 0 Å². The molecule has 0 rings (SSSR count). The van der Waals surface area contributed by atoms with E-state index in [0.29, 0.717) is 0 Å². The number of esters is 2. The van der Waals surface area contributed by atoms with Crippen LogP contribution in [-0.2, 0) is 19.1 Å². The zero-order valence-electron chi connectivity index (χ0n) is 10.8. The largest absolute Gasteiger partial charge is 0.469 e. The van der Waals surface area contributed by atoms with Gasteiger partial charge in [0.25, 0.3) is 0 Å². The summed E-state index contributed by atoms with van der Waals surface area (Å²) in [6.07, 6.45) is -4.59. The summed E-state index contributed by atoms with van der Waals surface area (Å²) in [6, 6.07) is 0. The Morgan fingerprint density at radius 3 is 2.05 bits per heavy atom.